The Balaban J connectivity index is 1.61. The van der Waals surface area contributed by atoms with Crippen LogP contribution in [0.1, 0.15) is 28.5 Å². The number of sulfone groups is 1. The van der Waals surface area contributed by atoms with Crippen molar-refractivity contribution in [3.05, 3.63) is 47.8 Å². The highest BCUT2D eigenvalue weighted by atomic mass is 32.2. The van der Waals surface area contributed by atoms with Crippen LogP contribution in [0.5, 0.6) is 0 Å². The first-order valence-corrected chi connectivity index (χ1v) is 10.3. The average molecular weight is 372 g/mol. The van der Waals surface area contributed by atoms with Gasteiger partial charge in [-0.1, -0.05) is 0 Å². The van der Waals surface area contributed by atoms with Crippen LogP contribution in [-0.2, 0) is 16.9 Å². The summed E-state index contributed by atoms with van der Waals surface area (Å²) in [6.07, 6.45) is 2.47. The molecule has 1 atom stereocenters. The zero-order chi connectivity index (χ0) is 18.5. The summed E-state index contributed by atoms with van der Waals surface area (Å²) < 4.78 is 27.2. The summed E-state index contributed by atoms with van der Waals surface area (Å²) in [6.45, 7) is 1.83. The van der Waals surface area contributed by atoms with Crippen LogP contribution < -0.4 is 5.32 Å². The largest absolute Gasteiger partial charge is 0.351 e. The van der Waals surface area contributed by atoms with Gasteiger partial charge >= 0.3 is 0 Å². The third-order valence-electron chi connectivity index (χ3n) is 4.80. The van der Waals surface area contributed by atoms with E-state index in [4.69, 9.17) is 0 Å². The Hall–Kier alpha value is -2.61. The monoisotopic (exact) mass is 372 g/mol. The molecule has 1 fully saturated rings. The molecule has 0 spiro atoms. The molecule has 1 aromatic carbocycles. The van der Waals surface area contributed by atoms with Crippen LogP contribution >= 0.6 is 0 Å². The quantitative estimate of drug-likeness (QED) is 0.764. The number of carbonyl (C=O) groups excluding carboxylic acids is 1. The minimum atomic E-state index is -3.03. The number of benzene rings is 1. The number of fused-ring (bicyclic) bond motifs is 1. The van der Waals surface area contributed by atoms with Crippen LogP contribution in [0.15, 0.2) is 36.5 Å². The summed E-state index contributed by atoms with van der Waals surface area (Å²) in [5.74, 6) is 0.516. The van der Waals surface area contributed by atoms with Crippen molar-refractivity contribution in [1.29, 1.82) is 0 Å². The van der Waals surface area contributed by atoms with Gasteiger partial charge in [-0.2, -0.15) is 5.10 Å². The molecule has 1 N–H and O–H groups in total. The first kappa shape index (κ1) is 16.8. The molecule has 4 rings (SSSR count). The molecule has 0 unspecified atom stereocenters. The fourth-order valence-corrected chi connectivity index (χ4v) is 5.16. The number of nitrogens with zero attached hydrogens (tertiary/aromatic N) is 3. The first-order valence-electron chi connectivity index (χ1n) is 8.45. The summed E-state index contributed by atoms with van der Waals surface area (Å²) >= 11 is 0. The Bertz CT molecular complexity index is 1110. The van der Waals surface area contributed by atoms with Gasteiger partial charge in [0.2, 0.25) is 0 Å². The van der Waals surface area contributed by atoms with Gasteiger partial charge in [-0.25, -0.2) is 13.1 Å². The molecule has 1 aliphatic heterocycles. The van der Waals surface area contributed by atoms with Crippen LogP contribution in [0.2, 0.25) is 0 Å². The molecular weight excluding hydrogens is 352 g/mol. The summed E-state index contributed by atoms with van der Waals surface area (Å²) in [7, 11) is -1.07. The van der Waals surface area contributed by atoms with Crippen molar-refractivity contribution in [2.45, 2.75) is 19.4 Å². The van der Waals surface area contributed by atoms with Crippen LogP contribution in [0.3, 0.4) is 0 Å². The second-order valence-electron chi connectivity index (χ2n) is 6.83. The number of aromatic nitrogens is 3. The van der Waals surface area contributed by atoms with E-state index in [-0.39, 0.29) is 23.5 Å². The number of nitrogens with one attached hydrogen (secondary N) is 1. The number of hydrogen-bond acceptors (Lipinski definition) is 4. The third-order valence-corrected chi connectivity index (χ3v) is 6.55. The van der Waals surface area contributed by atoms with Crippen molar-refractivity contribution in [3.8, 4) is 0 Å². The minimum absolute atomic E-state index is 0.0625. The van der Waals surface area contributed by atoms with Crippen molar-refractivity contribution in [2.24, 2.45) is 7.05 Å². The fourth-order valence-electron chi connectivity index (χ4n) is 3.47. The van der Waals surface area contributed by atoms with Crippen molar-refractivity contribution < 1.29 is 13.2 Å². The van der Waals surface area contributed by atoms with E-state index < -0.39 is 9.84 Å². The molecule has 8 heteroatoms. The van der Waals surface area contributed by atoms with Crippen LogP contribution in [0.4, 0.5) is 5.82 Å². The molecular formula is C18H20N4O3S. The summed E-state index contributed by atoms with van der Waals surface area (Å²) in [4.78, 5) is 12.7. The Labute approximate surface area is 151 Å². The summed E-state index contributed by atoms with van der Waals surface area (Å²) in [5, 5.41) is 8.27. The van der Waals surface area contributed by atoms with Crippen LogP contribution in [0, 0.1) is 6.92 Å². The molecule has 7 nitrogen and oxygen atoms in total. The normalized spacial score (nSPS) is 19.1. The standard InChI is InChI=1S/C18H20N4O3S/c1-12-9-17(22(20-12)15-6-8-26(24,25)11-15)19-18(23)14-3-4-16-13(10-14)5-7-21(16)2/h3-5,7,9-10,15H,6,8,11H2,1-2H3,(H,19,23)/t15-/m0/s1. The number of hydrogen-bond donors (Lipinski definition) is 1. The lowest BCUT2D eigenvalue weighted by Gasteiger charge is -2.14. The van der Waals surface area contributed by atoms with E-state index in [0.29, 0.717) is 17.8 Å². The molecule has 1 saturated heterocycles. The maximum atomic E-state index is 12.7. The van der Waals surface area contributed by atoms with E-state index in [0.717, 1.165) is 16.6 Å². The molecule has 0 saturated carbocycles. The van der Waals surface area contributed by atoms with Gasteiger partial charge < -0.3 is 9.88 Å². The Morgan fingerprint density at radius 2 is 2.08 bits per heavy atom. The van der Waals surface area contributed by atoms with Crippen LogP contribution in [0.25, 0.3) is 10.9 Å². The molecule has 1 aliphatic rings. The minimum Gasteiger partial charge on any atom is -0.351 e. The SMILES string of the molecule is Cc1cc(NC(=O)c2ccc3c(ccn3C)c2)n([C@H]2CCS(=O)(=O)C2)n1. The molecule has 3 aromatic rings. The fraction of sp³-hybridized carbons (Fsp3) is 0.333. The summed E-state index contributed by atoms with van der Waals surface area (Å²) in [5.41, 5.74) is 2.34. The Morgan fingerprint density at radius 3 is 2.81 bits per heavy atom. The lowest BCUT2D eigenvalue weighted by Crippen LogP contribution is -2.19. The van der Waals surface area contributed by atoms with Crippen LogP contribution in [-0.4, -0.2) is 40.2 Å². The zero-order valence-electron chi connectivity index (χ0n) is 14.6. The van der Waals surface area contributed by atoms with E-state index in [1.165, 1.54) is 0 Å². The van der Waals surface area contributed by atoms with Gasteiger partial charge in [0.25, 0.3) is 5.91 Å². The predicted molar refractivity (Wildman–Crippen MR) is 100 cm³/mol. The number of anilines is 1. The van der Waals surface area contributed by atoms with Crippen molar-refractivity contribution in [2.75, 3.05) is 16.8 Å². The van der Waals surface area contributed by atoms with Gasteiger partial charge in [0.05, 0.1) is 23.2 Å². The van der Waals surface area contributed by atoms with Gasteiger partial charge in [-0.05, 0) is 37.6 Å². The third kappa shape index (κ3) is 3.01. The highest BCUT2D eigenvalue weighted by Gasteiger charge is 2.31. The summed E-state index contributed by atoms with van der Waals surface area (Å²) in [6, 6.07) is 9.04. The lowest BCUT2D eigenvalue weighted by molar-refractivity contribution is 0.102. The maximum absolute atomic E-state index is 12.7. The molecule has 26 heavy (non-hydrogen) atoms. The van der Waals surface area contributed by atoms with E-state index in [2.05, 4.69) is 10.4 Å². The molecule has 136 valence electrons. The molecule has 0 radical (unpaired) electrons. The van der Waals surface area contributed by atoms with Crippen molar-refractivity contribution in [1.82, 2.24) is 14.3 Å². The van der Waals surface area contributed by atoms with Crippen molar-refractivity contribution in [3.63, 3.8) is 0 Å². The first-order chi connectivity index (χ1) is 12.3. The molecule has 1 amide bonds. The molecule has 0 bridgehead atoms. The van der Waals surface area contributed by atoms with Gasteiger partial charge in [0.1, 0.15) is 5.82 Å². The average Bonchev–Trinajstić information content (AvgIpc) is 3.25. The van der Waals surface area contributed by atoms with Gasteiger partial charge in [0, 0.05) is 35.8 Å². The topological polar surface area (TPSA) is 86.0 Å². The second-order valence-corrected chi connectivity index (χ2v) is 9.06. The molecule has 2 aromatic heterocycles. The van der Waals surface area contributed by atoms with Gasteiger partial charge in [-0.15, -0.1) is 0 Å². The number of carbonyl (C=O) groups is 1. The maximum Gasteiger partial charge on any atom is 0.256 e. The van der Waals surface area contributed by atoms with E-state index in [1.807, 2.05) is 42.9 Å². The zero-order valence-corrected chi connectivity index (χ0v) is 15.5. The van der Waals surface area contributed by atoms with E-state index in [9.17, 15) is 13.2 Å². The highest BCUT2D eigenvalue weighted by Crippen LogP contribution is 2.27. The Morgan fingerprint density at radius 1 is 1.27 bits per heavy atom. The van der Waals surface area contributed by atoms with Crippen molar-refractivity contribution >= 4 is 32.5 Å². The van der Waals surface area contributed by atoms with Gasteiger partial charge in [0.15, 0.2) is 9.84 Å². The second kappa shape index (κ2) is 5.98. The Kier molecular flexibility index (Phi) is 3.87. The number of amides is 1. The molecule has 0 aliphatic carbocycles. The van der Waals surface area contributed by atoms with E-state index >= 15 is 0 Å². The number of rotatable bonds is 3. The van der Waals surface area contributed by atoms with Gasteiger partial charge in [-0.3, -0.25) is 4.79 Å². The lowest BCUT2D eigenvalue weighted by atomic mass is 10.1. The predicted octanol–water partition coefficient (Wildman–Crippen LogP) is 2.30. The smallest absolute Gasteiger partial charge is 0.256 e. The van der Waals surface area contributed by atoms with E-state index in [1.54, 1.807) is 16.8 Å². The number of aryl methyl sites for hydroxylation is 2. The highest BCUT2D eigenvalue weighted by molar-refractivity contribution is 7.91. The molecule has 3 heterocycles.